The fourth-order valence-electron chi connectivity index (χ4n) is 3.39. The van der Waals surface area contributed by atoms with Crippen molar-refractivity contribution in [3.63, 3.8) is 0 Å². The number of alkyl carbamates (subject to hydrolysis) is 1. The summed E-state index contributed by atoms with van der Waals surface area (Å²) in [5.74, 6) is 0.340. The van der Waals surface area contributed by atoms with E-state index in [0.717, 1.165) is 16.7 Å². The molecule has 2 aromatic carbocycles. The van der Waals surface area contributed by atoms with Crippen LogP contribution in [0.15, 0.2) is 60.8 Å². The summed E-state index contributed by atoms with van der Waals surface area (Å²) in [5, 5.41) is 5.47. The standard InChI is InChI=1S/C27H34N4O4/c1-19-6-10-21(11-7-19)22-12-8-20(9-13-22)17-30-25(32)34-24-16-23(28)18-31(24)15-5-14-29-26(33)35-27(2,3)4/h6-13,16,18H,5,14-15,17,28H2,1-4H3,(H,29,33)(H,30,32). The van der Waals surface area contributed by atoms with Gasteiger partial charge in [-0.2, -0.15) is 0 Å². The number of amides is 2. The second-order valence-electron chi connectivity index (χ2n) is 9.39. The molecule has 8 heteroatoms. The molecular weight excluding hydrogens is 444 g/mol. The first-order valence-electron chi connectivity index (χ1n) is 11.6. The Morgan fingerprint density at radius 1 is 0.943 bits per heavy atom. The summed E-state index contributed by atoms with van der Waals surface area (Å²) in [5.41, 5.74) is 10.3. The van der Waals surface area contributed by atoms with Crippen molar-refractivity contribution in [2.75, 3.05) is 12.3 Å². The first-order valence-corrected chi connectivity index (χ1v) is 11.6. The summed E-state index contributed by atoms with van der Waals surface area (Å²) in [6.45, 7) is 8.75. The van der Waals surface area contributed by atoms with Gasteiger partial charge in [0, 0.05) is 31.9 Å². The van der Waals surface area contributed by atoms with E-state index < -0.39 is 17.8 Å². The number of carbonyl (C=O) groups is 2. The van der Waals surface area contributed by atoms with Crippen LogP contribution in [0.2, 0.25) is 0 Å². The molecule has 0 saturated heterocycles. The van der Waals surface area contributed by atoms with Crippen molar-refractivity contribution < 1.29 is 19.1 Å². The average molecular weight is 479 g/mol. The third-order valence-electron chi connectivity index (χ3n) is 5.10. The molecule has 0 radical (unpaired) electrons. The molecule has 35 heavy (non-hydrogen) atoms. The number of rotatable bonds is 8. The SMILES string of the molecule is Cc1ccc(-c2ccc(CNC(=O)Oc3cc(N)cn3CCCNC(=O)OC(C)(C)C)cc2)cc1. The van der Waals surface area contributed by atoms with Gasteiger partial charge in [-0.05, 0) is 50.8 Å². The van der Waals surface area contributed by atoms with Crippen LogP contribution in [0.3, 0.4) is 0 Å². The molecule has 4 N–H and O–H groups in total. The zero-order chi connectivity index (χ0) is 25.4. The van der Waals surface area contributed by atoms with Crippen LogP contribution in [0, 0.1) is 6.92 Å². The maximum atomic E-state index is 12.4. The molecule has 0 bridgehead atoms. The van der Waals surface area contributed by atoms with Crippen LogP contribution in [0.25, 0.3) is 11.1 Å². The van der Waals surface area contributed by atoms with Crippen LogP contribution in [0.5, 0.6) is 5.88 Å². The Labute approximate surface area is 206 Å². The lowest BCUT2D eigenvalue weighted by Gasteiger charge is -2.19. The molecule has 1 aromatic heterocycles. The number of hydrogen-bond donors (Lipinski definition) is 3. The predicted octanol–water partition coefficient (Wildman–Crippen LogP) is 5.25. The van der Waals surface area contributed by atoms with Crippen LogP contribution in [-0.4, -0.2) is 28.9 Å². The van der Waals surface area contributed by atoms with Gasteiger partial charge >= 0.3 is 12.2 Å². The van der Waals surface area contributed by atoms with Crippen molar-refractivity contribution in [2.24, 2.45) is 0 Å². The van der Waals surface area contributed by atoms with Crippen molar-refractivity contribution in [1.82, 2.24) is 15.2 Å². The first-order chi connectivity index (χ1) is 16.6. The Hall–Kier alpha value is -3.94. The van der Waals surface area contributed by atoms with E-state index in [2.05, 4.69) is 41.8 Å². The largest absolute Gasteiger partial charge is 0.444 e. The molecule has 0 unspecified atom stereocenters. The van der Waals surface area contributed by atoms with Crippen LogP contribution in [-0.2, 0) is 17.8 Å². The van der Waals surface area contributed by atoms with Crippen LogP contribution < -0.4 is 21.1 Å². The summed E-state index contributed by atoms with van der Waals surface area (Å²) in [6, 6.07) is 18.0. The van der Waals surface area contributed by atoms with Crippen LogP contribution in [0.1, 0.15) is 38.3 Å². The van der Waals surface area contributed by atoms with Crippen LogP contribution in [0.4, 0.5) is 15.3 Å². The third-order valence-corrected chi connectivity index (χ3v) is 5.10. The summed E-state index contributed by atoms with van der Waals surface area (Å²) in [7, 11) is 0. The fraction of sp³-hybridized carbons (Fsp3) is 0.333. The molecule has 2 amide bonds. The van der Waals surface area contributed by atoms with Gasteiger partial charge < -0.3 is 30.4 Å². The second-order valence-corrected chi connectivity index (χ2v) is 9.39. The molecule has 1 heterocycles. The number of nitrogens with one attached hydrogen (secondary N) is 2. The van der Waals surface area contributed by atoms with Gasteiger partial charge in [-0.3, -0.25) is 0 Å². The van der Waals surface area contributed by atoms with Gasteiger partial charge in [-0.15, -0.1) is 0 Å². The molecule has 0 spiro atoms. The van der Waals surface area contributed by atoms with Gasteiger partial charge in [-0.25, -0.2) is 9.59 Å². The normalized spacial score (nSPS) is 11.1. The van der Waals surface area contributed by atoms with Crippen molar-refractivity contribution in [3.05, 3.63) is 71.9 Å². The van der Waals surface area contributed by atoms with E-state index in [0.29, 0.717) is 37.6 Å². The van der Waals surface area contributed by atoms with Gasteiger partial charge in [0.05, 0.1) is 5.69 Å². The Kier molecular flexibility index (Phi) is 8.41. The minimum atomic E-state index is -0.571. The minimum absolute atomic E-state index is 0.336. The van der Waals surface area contributed by atoms with E-state index in [1.165, 1.54) is 5.56 Å². The topological polar surface area (TPSA) is 108 Å². The molecular formula is C27H34N4O4. The lowest BCUT2D eigenvalue weighted by molar-refractivity contribution is 0.0526. The van der Waals surface area contributed by atoms with E-state index in [-0.39, 0.29) is 0 Å². The van der Waals surface area contributed by atoms with Gasteiger partial charge in [0.2, 0.25) is 5.88 Å². The van der Waals surface area contributed by atoms with Crippen molar-refractivity contribution in [2.45, 2.75) is 52.8 Å². The van der Waals surface area contributed by atoms with E-state index in [4.69, 9.17) is 15.2 Å². The summed E-state index contributed by atoms with van der Waals surface area (Å²) in [6.07, 6.45) is 1.27. The number of hydrogen-bond acceptors (Lipinski definition) is 5. The molecule has 0 aliphatic carbocycles. The Morgan fingerprint density at radius 3 is 2.20 bits per heavy atom. The van der Waals surface area contributed by atoms with E-state index in [9.17, 15) is 9.59 Å². The lowest BCUT2D eigenvalue weighted by atomic mass is 10.0. The maximum absolute atomic E-state index is 12.4. The van der Waals surface area contributed by atoms with Gasteiger partial charge in [0.25, 0.3) is 0 Å². The van der Waals surface area contributed by atoms with Crippen molar-refractivity contribution in [1.29, 1.82) is 0 Å². The number of nitrogens with zero attached hydrogens (tertiary/aromatic N) is 1. The van der Waals surface area contributed by atoms with Gasteiger partial charge in [0.15, 0.2) is 0 Å². The summed E-state index contributed by atoms with van der Waals surface area (Å²) >= 11 is 0. The molecule has 0 aliphatic rings. The Balaban J connectivity index is 1.46. The summed E-state index contributed by atoms with van der Waals surface area (Å²) < 4.78 is 12.4. The molecule has 186 valence electrons. The van der Waals surface area contributed by atoms with Crippen molar-refractivity contribution in [3.8, 4) is 17.0 Å². The minimum Gasteiger partial charge on any atom is -0.444 e. The number of nitrogen functional groups attached to an aromatic ring is 1. The molecule has 0 fully saturated rings. The fourth-order valence-corrected chi connectivity index (χ4v) is 3.39. The highest BCUT2D eigenvalue weighted by Gasteiger charge is 2.16. The molecule has 0 aliphatic heterocycles. The number of ether oxygens (including phenoxy) is 2. The van der Waals surface area contributed by atoms with Gasteiger partial charge in [0.1, 0.15) is 5.60 Å². The summed E-state index contributed by atoms with van der Waals surface area (Å²) in [4.78, 5) is 24.1. The van der Waals surface area contributed by atoms with Crippen LogP contribution >= 0.6 is 0 Å². The monoisotopic (exact) mass is 478 g/mol. The van der Waals surface area contributed by atoms with E-state index >= 15 is 0 Å². The number of nitrogens with two attached hydrogens (primary N) is 1. The van der Waals surface area contributed by atoms with Crippen molar-refractivity contribution >= 4 is 17.9 Å². The Bertz CT molecular complexity index is 1130. The maximum Gasteiger partial charge on any atom is 0.414 e. The van der Waals surface area contributed by atoms with E-state index in [1.54, 1.807) is 16.8 Å². The van der Waals surface area contributed by atoms with Gasteiger partial charge in [-0.1, -0.05) is 54.1 Å². The number of anilines is 1. The highest BCUT2D eigenvalue weighted by atomic mass is 16.6. The molecule has 3 rings (SSSR count). The van der Waals surface area contributed by atoms with E-state index in [1.807, 2.05) is 45.0 Å². The smallest absolute Gasteiger partial charge is 0.414 e. The number of benzene rings is 2. The molecule has 0 saturated carbocycles. The Morgan fingerprint density at radius 2 is 1.57 bits per heavy atom. The first kappa shape index (κ1) is 25.7. The molecule has 0 atom stereocenters. The highest BCUT2D eigenvalue weighted by Crippen LogP contribution is 2.21. The average Bonchev–Trinajstić information content (AvgIpc) is 3.13. The number of aromatic nitrogens is 1. The molecule has 8 nitrogen and oxygen atoms in total. The highest BCUT2D eigenvalue weighted by molar-refractivity contribution is 5.70. The molecule has 3 aromatic rings. The second kappa shape index (κ2) is 11.5. The zero-order valence-electron chi connectivity index (χ0n) is 20.8. The number of carbonyl (C=O) groups excluding carboxylic acids is 2. The quantitative estimate of drug-likeness (QED) is 0.383. The lowest BCUT2D eigenvalue weighted by Crippen LogP contribution is -2.33. The zero-order valence-corrected chi connectivity index (χ0v) is 20.8. The predicted molar refractivity (Wildman–Crippen MR) is 137 cm³/mol. The third kappa shape index (κ3) is 8.41. The number of aryl methyl sites for hydroxylation is 2.